The zero-order chi connectivity index (χ0) is 23.1. The molecule has 0 aliphatic carbocycles. The van der Waals surface area contributed by atoms with Gasteiger partial charge in [0.05, 0.1) is 5.75 Å². The van der Waals surface area contributed by atoms with Crippen molar-refractivity contribution in [3.05, 3.63) is 83.4 Å². The van der Waals surface area contributed by atoms with Crippen LogP contribution in [0.4, 0.5) is 17.1 Å². The average Bonchev–Trinajstić information content (AvgIpc) is 2.75. The maximum absolute atomic E-state index is 12.4. The fourth-order valence-corrected chi connectivity index (χ4v) is 4.07. The minimum absolute atomic E-state index is 0.0225. The van der Waals surface area contributed by atoms with Crippen molar-refractivity contribution in [2.45, 2.75) is 25.7 Å². The van der Waals surface area contributed by atoms with Crippen LogP contribution in [-0.4, -0.2) is 22.6 Å². The highest BCUT2D eigenvalue weighted by molar-refractivity contribution is 8.00. The lowest BCUT2D eigenvalue weighted by molar-refractivity contribution is -0.113. The van der Waals surface area contributed by atoms with Crippen molar-refractivity contribution in [1.82, 2.24) is 0 Å². The molecule has 0 aromatic heterocycles. The lowest BCUT2D eigenvalue weighted by atomic mass is 10.1. The topological polar surface area (TPSA) is 70.2 Å². The Hall–Kier alpha value is -3.16. The maximum Gasteiger partial charge on any atom is 0.234 e. The van der Waals surface area contributed by atoms with E-state index in [-0.39, 0.29) is 11.7 Å². The summed E-state index contributed by atoms with van der Waals surface area (Å²) < 4.78 is 0. The third kappa shape index (κ3) is 6.67. The zero-order valence-corrected chi connectivity index (χ0v) is 19.8. The van der Waals surface area contributed by atoms with Crippen molar-refractivity contribution in [3.8, 4) is 0 Å². The number of benzene rings is 3. The molecule has 0 fully saturated rings. The first-order valence-corrected chi connectivity index (χ1v) is 11.5. The van der Waals surface area contributed by atoms with Crippen LogP contribution in [0.3, 0.4) is 0 Å². The van der Waals surface area contributed by atoms with Crippen LogP contribution in [-0.2, 0) is 4.79 Å². The van der Waals surface area contributed by atoms with E-state index in [2.05, 4.69) is 16.0 Å². The third-order valence-corrected chi connectivity index (χ3v) is 5.95. The van der Waals surface area contributed by atoms with Crippen LogP contribution >= 0.6 is 24.0 Å². The number of Topliss-reactive ketones (excluding diaryl/α,β-unsaturated/α-hetero) is 1. The molecular weight excluding hydrogens is 438 g/mol. The summed E-state index contributed by atoms with van der Waals surface area (Å²) in [6, 6.07) is 20.8. The van der Waals surface area contributed by atoms with E-state index in [4.69, 9.17) is 12.2 Å². The molecule has 5 nitrogen and oxygen atoms in total. The van der Waals surface area contributed by atoms with Crippen LogP contribution in [0, 0.1) is 13.8 Å². The van der Waals surface area contributed by atoms with Crippen LogP contribution in [0.1, 0.15) is 28.4 Å². The standard InChI is InChI=1S/C25H25N3O2S2/c1-16-6-4-7-17(2)24(16)28-23(30)15-32-22-9-5-8-21(14-22)27-25(31)26-20-12-10-19(11-13-20)18(3)29/h4-14H,15H2,1-3H3,(H,28,30)(H2,26,27,31). The number of nitrogens with one attached hydrogen (secondary N) is 3. The predicted octanol–water partition coefficient (Wildman–Crippen LogP) is 6.05. The summed E-state index contributed by atoms with van der Waals surface area (Å²) in [5.41, 5.74) is 5.24. The molecule has 1 amide bonds. The first-order valence-electron chi connectivity index (χ1n) is 10.1. The zero-order valence-electron chi connectivity index (χ0n) is 18.2. The van der Waals surface area contributed by atoms with Gasteiger partial charge < -0.3 is 16.0 Å². The number of ketones is 1. The second kappa shape index (κ2) is 10.9. The molecule has 0 radical (unpaired) electrons. The molecule has 0 aliphatic heterocycles. The molecule has 3 rings (SSSR count). The Morgan fingerprint density at radius 1 is 0.844 bits per heavy atom. The number of amides is 1. The molecule has 3 N–H and O–H groups in total. The van der Waals surface area contributed by atoms with Crippen LogP contribution in [0.25, 0.3) is 0 Å². The molecule has 7 heteroatoms. The molecule has 0 unspecified atom stereocenters. The molecule has 0 aliphatic rings. The van der Waals surface area contributed by atoms with Gasteiger partial charge in [-0.2, -0.15) is 0 Å². The molecule has 0 spiro atoms. The summed E-state index contributed by atoms with van der Waals surface area (Å²) in [5.74, 6) is 0.286. The molecule has 3 aromatic carbocycles. The highest BCUT2D eigenvalue weighted by Crippen LogP contribution is 2.24. The number of para-hydroxylation sites is 1. The van der Waals surface area contributed by atoms with E-state index >= 15 is 0 Å². The summed E-state index contributed by atoms with van der Waals surface area (Å²) in [7, 11) is 0. The molecule has 0 saturated carbocycles. The van der Waals surface area contributed by atoms with Crippen LogP contribution in [0.15, 0.2) is 71.6 Å². The van der Waals surface area contributed by atoms with Crippen LogP contribution in [0.5, 0.6) is 0 Å². The van der Waals surface area contributed by atoms with Gasteiger partial charge >= 0.3 is 0 Å². The third-order valence-electron chi connectivity index (χ3n) is 4.76. The Labute approximate surface area is 198 Å². The molecule has 32 heavy (non-hydrogen) atoms. The van der Waals surface area contributed by atoms with Crippen LogP contribution < -0.4 is 16.0 Å². The lowest BCUT2D eigenvalue weighted by Crippen LogP contribution is -2.19. The molecule has 0 bridgehead atoms. The summed E-state index contributed by atoms with van der Waals surface area (Å²) >= 11 is 6.85. The molecule has 164 valence electrons. The van der Waals surface area contributed by atoms with Gasteiger partial charge in [0.15, 0.2) is 10.9 Å². The van der Waals surface area contributed by atoms with Crippen molar-refractivity contribution in [1.29, 1.82) is 0 Å². The van der Waals surface area contributed by atoms with Gasteiger partial charge in [-0.25, -0.2) is 0 Å². The van der Waals surface area contributed by atoms with E-state index in [0.717, 1.165) is 33.1 Å². The molecule has 0 atom stereocenters. The number of thioether (sulfide) groups is 1. The van der Waals surface area contributed by atoms with E-state index in [1.54, 1.807) is 12.1 Å². The van der Waals surface area contributed by atoms with E-state index in [0.29, 0.717) is 16.4 Å². The van der Waals surface area contributed by atoms with Gasteiger partial charge in [0, 0.05) is 27.5 Å². The minimum Gasteiger partial charge on any atom is -0.332 e. The number of aryl methyl sites for hydroxylation is 2. The number of thiocarbonyl (C=S) groups is 1. The molecule has 3 aromatic rings. The Bertz CT molecular complexity index is 1120. The first kappa shape index (κ1) is 23.5. The molecular formula is C25H25N3O2S2. The number of hydrogen-bond acceptors (Lipinski definition) is 4. The summed E-state index contributed by atoms with van der Waals surface area (Å²) in [5, 5.41) is 9.70. The lowest BCUT2D eigenvalue weighted by Gasteiger charge is -2.13. The van der Waals surface area contributed by atoms with E-state index in [1.165, 1.54) is 18.7 Å². The van der Waals surface area contributed by atoms with Crippen molar-refractivity contribution in [3.63, 3.8) is 0 Å². The second-order valence-electron chi connectivity index (χ2n) is 7.34. The van der Waals surface area contributed by atoms with Gasteiger partial charge in [0.2, 0.25) is 5.91 Å². The van der Waals surface area contributed by atoms with E-state index in [9.17, 15) is 9.59 Å². The van der Waals surface area contributed by atoms with Crippen molar-refractivity contribution in [2.75, 3.05) is 21.7 Å². The monoisotopic (exact) mass is 463 g/mol. The SMILES string of the molecule is CC(=O)c1ccc(NC(=S)Nc2cccc(SCC(=O)Nc3c(C)cccc3C)c2)cc1. The summed E-state index contributed by atoms with van der Waals surface area (Å²) in [4.78, 5) is 24.8. The van der Waals surface area contributed by atoms with Crippen molar-refractivity contribution in [2.24, 2.45) is 0 Å². The second-order valence-corrected chi connectivity index (χ2v) is 8.80. The highest BCUT2D eigenvalue weighted by atomic mass is 32.2. The van der Waals surface area contributed by atoms with Crippen molar-refractivity contribution < 1.29 is 9.59 Å². The van der Waals surface area contributed by atoms with Gasteiger partial charge in [-0.3, -0.25) is 9.59 Å². The fraction of sp³-hybridized carbons (Fsp3) is 0.160. The van der Waals surface area contributed by atoms with Gasteiger partial charge in [-0.15, -0.1) is 11.8 Å². The Morgan fingerprint density at radius 2 is 1.47 bits per heavy atom. The molecule has 0 heterocycles. The smallest absolute Gasteiger partial charge is 0.234 e. The van der Waals surface area contributed by atoms with Gasteiger partial charge in [0.25, 0.3) is 0 Å². The average molecular weight is 464 g/mol. The molecule has 0 saturated heterocycles. The number of carbonyl (C=O) groups excluding carboxylic acids is 2. The highest BCUT2D eigenvalue weighted by Gasteiger charge is 2.09. The van der Waals surface area contributed by atoms with Crippen LogP contribution in [0.2, 0.25) is 0 Å². The Balaban J connectivity index is 1.54. The van der Waals surface area contributed by atoms with Gasteiger partial charge in [-0.05, 0) is 86.6 Å². The number of rotatable bonds is 7. The minimum atomic E-state index is -0.0445. The maximum atomic E-state index is 12.4. The number of hydrogen-bond donors (Lipinski definition) is 3. The van der Waals surface area contributed by atoms with Gasteiger partial charge in [-0.1, -0.05) is 24.3 Å². The van der Waals surface area contributed by atoms with E-state index < -0.39 is 0 Å². The Kier molecular flexibility index (Phi) is 8.03. The quantitative estimate of drug-likeness (QED) is 0.225. The fourth-order valence-electron chi connectivity index (χ4n) is 3.08. The number of carbonyl (C=O) groups is 2. The largest absolute Gasteiger partial charge is 0.332 e. The normalized spacial score (nSPS) is 10.3. The summed E-state index contributed by atoms with van der Waals surface area (Å²) in [6.07, 6.45) is 0. The van der Waals surface area contributed by atoms with Crippen molar-refractivity contribution >= 4 is 57.8 Å². The Morgan fingerprint density at radius 3 is 2.12 bits per heavy atom. The first-order chi connectivity index (χ1) is 15.3. The van der Waals surface area contributed by atoms with E-state index in [1.807, 2.05) is 68.4 Å². The predicted molar refractivity (Wildman–Crippen MR) is 138 cm³/mol. The summed E-state index contributed by atoms with van der Waals surface area (Å²) in [6.45, 7) is 5.51. The van der Waals surface area contributed by atoms with Gasteiger partial charge in [0.1, 0.15) is 0 Å². The number of anilines is 3.